The van der Waals surface area contributed by atoms with Crippen molar-refractivity contribution < 1.29 is 24.2 Å². The van der Waals surface area contributed by atoms with Crippen LogP contribution in [0.2, 0.25) is 0 Å². The van der Waals surface area contributed by atoms with Gasteiger partial charge in [0, 0.05) is 6.42 Å². The molecule has 0 aliphatic rings. The van der Waals surface area contributed by atoms with E-state index >= 15 is 0 Å². The van der Waals surface area contributed by atoms with Crippen molar-refractivity contribution in [2.24, 2.45) is 5.73 Å². The third kappa shape index (κ3) is 6.42. The molecule has 7 heteroatoms. The molecular weight excluding hydrogens is 276 g/mol. The van der Waals surface area contributed by atoms with E-state index in [0.717, 1.165) is 5.56 Å². The van der Waals surface area contributed by atoms with Gasteiger partial charge in [0.05, 0.1) is 0 Å². The highest BCUT2D eigenvalue weighted by atomic mass is 16.5. The molecule has 1 aromatic carbocycles. The van der Waals surface area contributed by atoms with E-state index in [4.69, 9.17) is 15.6 Å². The van der Waals surface area contributed by atoms with Gasteiger partial charge in [0.25, 0.3) is 5.91 Å². The number of aliphatic carboxylic acids is 1. The number of nitrogens with one attached hydrogen (secondary N) is 1. The molecule has 0 bridgehead atoms. The smallest absolute Gasteiger partial charge is 0.326 e. The van der Waals surface area contributed by atoms with Crippen molar-refractivity contribution in [2.75, 3.05) is 6.61 Å². The molecule has 0 radical (unpaired) electrons. The van der Waals surface area contributed by atoms with Crippen molar-refractivity contribution >= 4 is 17.8 Å². The summed E-state index contributed by atoms with van der Waals surface area (Å²) in [5.41, 5.74) is 6.01. The number of ether oxygens (including phenoxy) is 1. The number of primary amides is 1. The third-order valence-corrected chi connectivity index (χ3v) is 2.70. The lowest BCUT2D eigenvalue weighted by Crippen LogP contribution is -2.43. The lowest BCUT2D eigenvalue weighted by Gasteiger charge is -2.14. The summed E-state index contributed by atoms with van der Waals surface area (Å²) in [6.07, 6.45) is -0.170. The molecule has 7 nitrogen and oxygen atoms in total. The van der Waals surface area contributed by atoms with Gasteiger partial charge in [-0.2, -0.15) is 0 Å². The quantitative estimate of drug-likeness (QED) is 0.633. The number of benzene rings is 1. The molecule has 0 spiro atoms. The summed E-state index contributed by atoms with van der Waals surface area (Å²) in [6, 6.07) is 5.93. The lowest BCUT2D eigenvalue weighted by molar-refractivity contribution is -0.142. The van der Waals surface area contributed by atoms with Crippen LogP contribution in [0.5, 0.6) is 5.75 Å². The fourth-order valence-electron chi connectivity index (χ4n) is 1.56. The highest BCUT2D eigenvalue weighted by Crippen LogP contribution is 2.11. The van der Waals surface area contributed by atoms with Gasteiger partial charge < -0.3 is 20.9 Å². The van der Waals surface area contributed by atoms with Gasteiger partial charge >= 0.3 is 5.97 Å². The van der Waals surface area contributed by atoms with Gasteiger partial charge in [-0.25, -0.2) is 4.79 Å². The molecule has 0 saturated heterocycles. The molecule has 1 atom stereocenters. The lowest BCUT2D eigenvalue weighted by atomic mass is 10.1. The predicted molar refractivity (Wildman–Crippen MR) is 74.7 cm³/mol. The normalized spacial score (nSPS) is 11.5. The second-order valence-corrected chi connectivity index (χ2v) is 4.57. The van der Waals surface area contributed by atoms with Crippen LogP contribution in [0.15, 0.2) is 24.3 Å². The van der Waals surface area contributed by atoms with Crippen LogP contribution < -0.4 is 15.8 Å². The Morgan fingerprint density at radius 2 is 1.90 bits per heavy atom. The van der Waals surface area contributed by atoms with Crippen molar-refractivity contribution in [1.82, 2.24) is 5.32 Å². The average molecular weight is 294 g/mol. The maximum atomic E-state index is 11.6. The SMILES string of the molecule is Cc1ccc(OCC(=O)N[C@@H](CCC(N)=O)C(=O)O)cc1. The third-order valence-electron chi connectivity index (χ3n) is 2.70. The number of nitrogens with two attached hydrogens (primary N) is 1. The average Bonchev–Trinajstić information content (AvgIpc) is 2.42. The largest absolute Gasteiger partial charge is 0.484 e. The first-order chi connectivity index (χ1) is 9.88. The molecule has 0 aromatic heterocycles. The van der Waals surface area contributed by atoms with Crippen molar-refractivity contribution in [1.29, 1.82) is 0 Å². The molecule has 2 amide bonds. The Morgan fingerprint density at radius 1 is 1.29 bits per heavy atom. The minimum atomic E-state index is -1.22. The summed E-state index contributed by atoms with van der Waals surface area (Å²) < 4.78 is 5.23. The van der Waals surface area contributed by atoms with Crippen LogP contribution in [0, 0.1) is 6.92 Å². The molecule has 1 rings (SSSR count). The molecule has 21 heavy (non-hydrogen) atoms. The molecule has 0 fully saturated rings. The second kappa shape index (κ2) is 7.88. The van der Waals surface area contributed by atoms with Crippen LogP contribution in [0.3, 0.4) is 0 Å². The van der Waals surface area contributed by atoms with Gasteiger partial charge in [0.2, 0.25) is 5.91 Å². The fourth-order valence-corrected chi connectivity index (χ4v) is 1.56. The number of rotatable bonds is 8. The van der Waals surface area contributed by atoms with E-state index in [1.165, 1.54) is 0 Å². The fraction of sp³-hybridized carbons (Fsp3) is 0.357. The second-order valence-electron chi connectivity index (χ2n) is 4.57. The van der Waals surface area contributed by atoms with Crippen LogP contribution in [-0.2, 0) is 14.4 Å². The molecule has 0 unspecified atom stereocenters. The van der Waals surface area contributed by atoms with Gasteiger partial charge in [-0.1, -0.05) is 17.7 Å². The van der Waals surface area contributed by atoms with E-state index < -0.39 is 23.8 Å². The van der Waals surface area contributed by atoms with Gasteiger partial charge in [-0.15, -0.1) is 0 Å². The topological polar surface area (TPSA) is 119 Å². The van der Waals surface area contributed by atoms with Crippen LogP contribution in [0.25, 0.3) is 0 Å². The van der Waals surface area contributed by atoms with Gasteiger partial charge in [-0.05, 0) is 25.5 Å². The maximum absolute atomic E-state index is 11.6. The Hall–Kier alpha value is -2.57. The van der Waals surface area contributed by atoms with Crippen LogP contribution >= 0.6 is 0 Å². The van der Waals surface area contributed by atoms with E-state index in [9.17, 15) is 14.4 Å². The summed E-state index contributed by atoms with van der Waals surface area (Å²) in [7, 11) is 0. The van der Waals surface area contributed by atoms with Crippen molar-refractivity contribution in [3.63, 3.8) is 0 Å². The summed E-state index contributed by atoms with van der Waals surface area (Å²) in [6.45, 7) is 1.62. The number of hydrogen-bond donors (Lipinski definition) is 3. The first kappa shape index (κ1) is 16.5. The van der Waals surface area contributed by atoms with Crippen molar-refractivity contribution in [3.05, 3.63) is 29.8 Å². The minimum absolute atomic E-state index is 0.0546. The zero-order valence-corrected chi connectivity index (χ0v) is 11.7. The Kier molecular flexibility index (Phi) is 6.19. The maximum Gasteiger partial charge on any atom is 0.326 e. The van der Waals surface area contributed by atoms with Crippen molar-refractivity contribution in [3.8, 4) is 5.75 Å². The number of amides is 2. The highest BCUT2D eigenvalue weighted by molar-refractivity contribution is 5.85. The number of carbonyl (C=O) groups excluding carboxylic acids is 2. The summed E-state index contributed by atoms with van der Waals surface area (Å²) in [5, 5.41) is 11.2. The van der Waals surface area contributed by atoms with Crippen LogP contribution in [-0.4, -0.2) is 35.5 Å². The number of hydrogen-bond acceptors (Lipinski definition) is 4. The number of carbonyl (C=O) groups is 3. The molecule has 114 valence electrons. The van der Waals surface area contributed by atoms with Gasteiger partial charge in [0.15, 0.2) is 6.61 Å². The zero-order valence-electron chi connectivity index (χ0n) is 11.7. The van der Waals surface area contributed by atoms with Crippen molar-refractivity contribution in [2.45, 2.75) is 25.8 Å². The Labute approximate surface area is 122 Å². The molecule has 0 aliphatic heterocycles. The standard InChI is InChI=1S/C14H18N2O5/c1-9-2-4-10(5-3-9)21-8-13(18)16-11(14(19)20)6-7-12(15)17/h2-5,11H,6-8H2,1H3,(H2,15,17)(H,16,18)(H,19,20)/t11-/m0/s1. The first-order valence-electron chi connectivity index (χ1n) is 6.38. The Morgan fingerprint density at radius 3 is 2.43 bits per heavy atom. The monoisotopic (exact) mass is 294 g/mol. The molecule has 0 heterocycles. The molecule has 0 saturated carbocycles. The molecular formula is C14H18N2O5. The number of aryl methyl sites for hydroxylation is 1. The summed E-state index contributed by atoms with van der Waals surface area (Å²) in [4.78, 5) is 33.2. The van der Waals surface area contributed by atoms with Crippen LogP contribution in [0.4, 0.5) is 0 Å². The first-order valence-corrected chi connectivity index (χ1v) is 6.38. The molecule has 1 aromatic rings. The van der Waals surface area contributed by atoms with Crippen LogP contribution in [0.1, 0.15) is 18.4 Å². The van der Waals surface area contributed by atoms with Gasteiger partial charge in [-0.3, -0.25) is 9.59 Å². The highest BCUT2D eigenvalue weighted by Gasteiger charge is 2.20. The summed E-state index contributed by atoms with van der Waals surface area (Å²) >= 11 is 0. The summed E-state index contributed by atoms with van der Waals surface area (Å²) in [5.74, 6) is -1.90. The Bertz CT molecular complexity index is 513. The number of carboxylic acids is 1. The van der Waals surface area contributed by atoms with E-state index in [1.807, 2.05) is 19.1 Å². The van der Waals surface area contributed by atoms with Gasteiger partial charge in [0.1, 0.15) is 11.8 Å². The molecule has 4 N–H and O–H groups in total. The van der Waals surface area contributed by atoms with E-state index in [2.05, 4.69) is 5.32 Å². The van der Waals surface area contributed by atoms with E-state index in [0.29, 0.717) is 5.75 Å². The number of carboxylic acid groups (broad SMARTS) is 1. The minimum Gasteiger partial charge on any atom is -0.484 e. The Balaban J connectivity index is 2.44. The predicted octanol–water partition coefficient (Wildman–Crippen LogP) is 0.209. The molecule has 0 aliphatic carbocycles. The zero-order chi connectivity index (χ0) is 15.8. The van der Waals surface area contributed by atoms with E-state index in [-0.39, 0.29) is 19.4 Å². The van der Waals surface area contributed by atoms with E-state index in [1.54, 1.807) is 12.1 Å².